The van der Waals surface area contributed by atoms with Gasteiger partial charge in [0.05, 0.1) is 18.4 Å². The van der Waals surface area contributed by atoms with E-state index in [1.54, 1.807) is 29.9 Å². The molecule has 2 rings (SSSR count). The van der Waals surface area contributed by atoms with Gasteiger partial charge in [0.2, 0.25) is 5.91 Å². The monoisotopic (exact) mass is 455 g/mol. The van der Waals surface area contributed by atoms with Gasteiger partial charge in [-0.1, -0.05) is 24.3 Å². The summed E-state index contributed by atoms with van der Waals surface area (Å²) in [7, 11) is 0. The van der Waals surface area contributed by atoms with E-state index in [0.717, 1.165) is 18.5 Å². The zero-order valence-electron chi connectivity index (χ0n) is 17.8. The van der Waals surface area contributed by atoms with Crippen molar-refractivity contribution in [3.05, 3.63) is 54.0 Å². The molecule has 0 fully saturated rings. The number of carbonyl (C=O) groups excluding carboxylic acids is 1. The minimum Gasteiger partial charge on any atom is -0.484 e. The molecule has 1 amide bonds. The van der Waals surface area contributed by atoms with Crippen LogP contribution in [0.4, 0.5) is 13.2 Å². The van der Waals surface area contributed by atoms with Gasteiger partial charge >= 0.3 is 6.18 Å². The van der Waals surface area contributed by atoms with Gasteiger partial charge < -0.3 is 20.9 Å². The summed E-state index contributed by atoms with van der Waals surface area (Å²) in [5.74, 6) is -0.489. The number of halogens is 3. The third kappa shape index (κ3) is 8.22. The van der Waals surface area contributed by atoms with E-state index in [1.165, 1.54) is 24.4 Å². The first-order valence-electron chi connectivity index (χ1n) is 10.2. The number of nitrogens with two attached hydrogens (primary N) is 1. The molecule has 0 aliphatic rings. The molecule has 1 aromatic heterocycles. The Labute approximate surface area is 184 Å². The molecule has 0 saturated heterocycles. The number of hydrogen-bond donors (Lipinski definition) is 3. The summed E-state index contributed by atoms with van der Waals surface area (Å²) >= 11 is 0. The molecule has 1 heterocycles. The lowest BCUT2D eigenvalue weighted by molar-refractivity contribution is -0.153. The second-order valence-electron chi connectivity index (χ2n) is 7.35. The van der Waals surface area contributed by atoms with Crippen molar-refractivity contribution in [3.8, 4) is 5.75 Å². The van der Waals surface area contributed by atoms with E-state index in [9.17, 15) is 23.1 Å². The summed E-state index contributed by atoms with van der Waals surface area (Å²) in [4.78, 5) is 10.6. The molecular formula is C21H28F3N5O3. The third-order valence-corrected chi connectivity index (χ3v) is 4.84. The minimum absolute atomic E-state index is 0.0309. The maximum Gasteiger partial charge on any atom is 0.422 e. The normalized spacial score (nSPS) is 13.8. The highest BCUT2D eigenvalue weighted by atomic mass is 19.4. The molecular weight excluding hydrogens is 427 g/mol. The van der Waals surface area contributed by atoms with Crippen LogP contribution in [0.2, 0.25) is 0 Å². The van der Waals surface area contributed by atoms with E-state index in [-0.39, 0.29) is 12.3 Å². The second kappa shape index (κ2) is 11.5. The predicted molar refractivity (Wildman–Crippen MR) is 111 cm³/mol. The van der Waals surface area contributed by atoms with Crippen molar-refractivity contribution in [1.82, 2.24) is 20.3 Å². The molecule has 8 nitrogen and oxygen atoms in total. The number of benzene rings is 1. The highest BCUT2D eigenvalue weighted by Crippen LogP contribution is 2.30. The summed E-state index contributed by atoms with van der Waals surface area (Å²) in [6.45, 7) is 1.14. The first-order chi connectivity index (χ1) is 15.1. The van der Waals surface area contributed by atoms with Crippen LogP contribution in [0.1, 0.15) is 37.4 Å². The highest BCUT2D eigenvalue weighted by Gasteiger charge is 2.31. The van der Waals surface area contributed by atoms with Gasteiger partial charge in [0.15, 0.2) is 6.61 Å². The molecule has 2 aromatic rings. The molecule has 0 aliphatic heterocycles. The smallest absolute Gasteiger partial charge is 0.422 e. The van der Waals surface area contributed by atoms with E-state index in [0.29, 0.717) is 24.9 Å². The zero-order valence-corrected chi connectivity index (χ0v) is 17.8. The quantitative estimate of drug-likeness (QED) is 0.316. The van der Waals surface area contributed by atoms with Crippen LogP contribution in [0.5, 0.6) is 5.75 Å². The van der Waals surface area contributed by atoms with E-state index in [2.05, 4.69) is 15.6 Å². The van der Waals surface area contributed by atoms with Gasteiger partial charge in [-0.2, -0.15) is 13.2 Å². The minimum atomic E-state index is -4.44. The van der Waals surface area contributed by atoms with Crippen molar-refractivity contribution in [3.63, 3.8) is 0 Å². The van der Waals surface area contributed by atoms with E-state index >= 15 is 0 Å². The predicted octanol–water partition coefficient (Wildman–Crippen LogP) is 2.43. The zero-order chi connectivity index (χ0) is 23.6. The number of aromatic nitrogens is 3. The second-order valence-corrected chi connectivity index (χ2v) is 7.35. The lowest BCUT2D eigenvalue weighted by Gasteiger charge is -2.28. The Hall–Kier alpha value is -3.08. The van der Waals surface area contributed by atoms with E-state index in [4.69, 9.17) is 10.5 Å². The van der Waals surface area contributed by atoms with Crippen LogP contribution in [-0.2, 0) is 23.4 Å². The molecule has 0 spiro atoms. The molecule has 1 atom stereocenters. The average Bonchev–Trinajstić information content (AvgIpc) is 3.17. The number of aryl methyl sites for hydroxylation is 1. The van der Waals surface area contributed by atoms with Crippen molar-refractivity contribution < 1.29 is 27.8 Å². The number of alkyl halides is 3. The molecule has 32 heavy (non-hydrogen) atoms. The SMILES string of the molecule is CC[C@@](O)(Cn1nncc1CCCCN/C=C\C(N)=O)c1cccc(OCC(F)(F)F)c1. The van der Waals surface area contributed by atoms with Gasteiger partial charge in [0.1, 0.15) is 11.4 Å². The van der Waals surface area contributed by atoms with Crippen LogP contribution in [0.25, 0.3) is 0 Å². The number of nitrogens with one attached hydrogen (secondary N) is 1. The number of rotatable bonds is 13. The lowest BCUT2D eigenvalue weighted by Crippen LogP contribution is -2.32. The first kappa shape index (κ1) is 25.2. The van der Waals surface area contributed by atoms with Crippen LogP contribution in [0, 0.1) is 0 Å². The van der Waals surface area contributed by atoms with Crippen LogP contribution >= 0.6 is 0 Å². The molecule has 11 heteroatoms. The largest absolute Gasteiger partial charge is 0.484 e. The Morgan fingerprint density at radius 2 is 2.12 bits per heavy atom. The average molecular weight is 455 g/mol. The molecule has 176 valence electrons. The summed E-state index contributed by atoms with van der Waals surface area (Å²) in [6, 6.07) is 6.02. The van der Waals surface area contributed by atoms with Crippen molar-refractivity contribution in [1.29, 1.82) is 0 Å². The van der Waals surface area contributed by atoms with Crippen LogP contribution in [0.15, 0.2) is 42.7 Å². The first-order valence-corrected chi connectivity index (χ1v) is 10.2. The van der Waals surface area contributed by atoms with Crippen molar-refractivity contribution in [2.45, 2.75) is 50.9 Å². The Morgan fingerprint density at radius 3 is 2.81 bits per heavy atom. The van der Waals surface area contributed by atoms with Crippen LogP contribution in [0.3, 0.4) is 0 Å². The van der Waals surface area contributed by atoms with E-state index in [1.807, 2.05) is 0 Å². The van der Waals surface area contributed by atoms with E-state index < -0.39 is 24.3 Å². The maximum absolute atomic E-state index is 12.4. The van der Waals surface area contributed by atoms with Gasteiger partial charge in [0, 0.05) is 18.8 Å². The maximum atomic E-state index is 12.4. The molecule has 1 aromatic carbocycles. The highest BCUT2D eigenvalue weighted by molar-refractivity contribution is 5.85. The number of hydrogen-bond acceptors (Lipinski definition) is 6. The summed E-state index contributed by atoms with van der Waals surface area (Å²) in [5.41, 5.74) is 4.91. The number of amides is 1. The number of carbonyl (C=O) groups is 1. The van der Waals surface area contributed by atoms with Crippen molar-refractivity contribution >= 4 is 5.91 Å². The fourth-order valence-electron chi connectivity index (χ4n) is 3.06. The molecule has 0 aliphatic carbocycles. The molecule has 0 radical (unpaired) electrons. The van der Waals surface area contributed by atoms with Crippen LogP contribution < -0.4 is 15.8 Å². The number of ether oxygens (including phenoxy) is 1. The number of nitrogens with zero attached hydrogens (tertiary/aromatic N) is 3. The fourth-order valence-corrected chi connectivity index (χ4v) is 3.06. The fraction of sp³-hybridized carbons (Fsp3) is 0.476. The third-order valence-electron chi connectivity index (χ3n) is 4.84. The van der Waals surface area contributed by atoms with Gasteiger partial charge in [0.25, 0.3) is 0 Å². The molecule has 4 N–H and O–H groups in total. The Bertz CT molecular complexity index is 901. The van der Waals surface area contributed by atoms with Gasteiger partial charge in [-0.05, 0) is 43.4 Å². The number of unbranched alkanes of at least 4 members (excludes halogenated alkanes) is 1. The van der Waals surface area contributed by atoms with Crippen LogP contribution in [-0.4, -0.2) is 45.3 Å². The topological polar surface area (TPSA) is 115 Å². The summed E-state index contributed by atoms with van der Waals surface area (Å²) in [6.07, 6.45) is 2.55. The van der Waals surface area contributed by atoms with Crippen molar-refractivity contribution in [2.24, 2.45) is 5.73 Å². The Balaban J connectivity index is 1.99. The molecule has 0 bridgehead atoms. The summed E-state index contributed by atoms with van der Waals surface area (Å²) < 4.78 is 43.7. The number of aliphatic hydroxyl groups is 1. The van der Waals surface area contributed by atoms with Gasteiger partial charge in [-0.15, -0.1) is 5.10 Å². The number of primary amides is 1. The Kier molecular flexibility index (Phi) is 9.06. The van der Waals surface area contributed by atoms with Crippen molar-refractivity contribution in [2.75, 3.05) is 13.2 Å². The standard InChI is InChI=1S/C21H28F3N5O3/c1-2-20(31,16-6-5-8-18(12-16)32-15-21(22,23)24)14-29-17(13-27-28-29)7-3-4-10-26-11-9-19(25)30/h5-6,8-9,11-13,26,31H,2-4,7,10,14-15H2,1H3,(H2,25,30)/b11-9-/t20-/m1/s1. The van der Waals surface area contributed by atoms with Gasteiger partial charge in [-0.25, -0.2) is 4.68 Å². The van der Waals surface area contributed by atoms with Gasteiger partial charge in [-0.3, -0.25) is 4.79 Å². The lowest BCUT2D eigenvalue weighted by atomic mass is 9.90. The summed E-state index contributed by atoms with van der Waals surface area (Å²) in [5, 5.41) is 22.2. The molecule has 0 unspecified atom stereocenters. The molecule has 0 saturated carbocycles. The Morgan fingerprint density at radius 1 is 1.34 bits per heavy atom.